The van der Waals surface area contributed by atoms with E-state index in [1.807, 2.05) is 24.3 Å². The molecule has 4 rings (SSSR count). The van der Waals surface area contributed by atoms with Crippen LogP contribution in [0.25, 0.3) is 11.0 Å². The smallest absolute Gasteiger partial charge is 0.349 e. The molecule has 0 spiro atoms. The molecule has 0 radical (unpaired) electrons. The molecule has 0 bridgehead atoms. The molecule has 2 aromatic carbocycles. The van der Waals surface area contributed by atoms with Gasteiger partial charge in [-0.3, -0.25) is 9.59 Å². The molecular formula is C23H22N2O5. The Morgan fingerprint density at radius 3 is 2.33 bits per heavy atom. The van der Waals surface area contributed by atoms with E-state index in [1.165, 1.54) is 7.11 Å². The van der Waals surface area contributed by atoms with Crippen molar-refractivity contribution in [3.8, 4) is 5.75 Å². The molecule has 0 unspecified atom stereocenters. The molecule has 7 heteroatoms. The number of carbonyl (C=O) groups is 2. The number of ether oxygens (including phenoxy) is 1. The van der Waals surface area contributed by atoms with Gasteiger partial charge in [0.25, 0.3) is 5.91 Å². The second-order valence-electron chi connectivity index (χ2n) is 7.21. The minimum absolute atomic E-state index is 0.0232. The quantitative estimate of drug-likeness (QED) is 0.490. The average molecular weight is 406 g/mol. The van der Waals surface area contributed by atoms with Crippen molar-refractivity contribution in [3.63, 3.8) is 0 Å². The van der Waals surface area contributed by atoms with Crippen molar-refractivity contribution in [2.75, 3.05) is 38.2 Å². The van der Waals surface area contributed by atoms with Crippen LogP contribution in [0, 0.1) is 0 Å². The van der Waals surface area contributed by atoms with Crippen molar-refractivity contribution >= 4 is 28.3 Å². The zero-order chi connectivity index (χ0) is 21.3. The standard InChI is InChI=1S/C23H22N2O5/c1-15(26)16-6-8-18(9-7-16)24-10-12-25(13-11-24)22(27)19-14-17-4-3-5-20(29-2)21(17)30-23(19)28/h3-9,14H,10-13H2,1-2H3. The Kier molecular flexibility index (Phi) is 5.27. The van der Waals surface area contributed by atoms with Gasteiger partial charge in [-0.1, -0.05) is 12.1 Å². The normalized spacial score (nSPS) is 14.1. The highest BCUT2D eigenvalue weighted by Gasteiger charge is 2.25. The molecule has 1 aliphatic rings. The summed E-state index contributed by atoms with van der Waals surface area (Å²) >= 11 is 0. The number of rotatable bonds is 4. The maximum atomic E-state index is 13.0. The molecule has 1 aromatic heterocycles. The zero-order valence-electron chi connectivity index (χ0n) is 16.9. The number of benzene rings is 2. The van der Waals surface area contributed by atoms with Crippen LogP contribution in [0.2, 0.25) is 0 Å². The summed E-state index contributed by atoms with van der Waals surface area (Å²) < 4.78 is 10.6. The van der Waals surface area contributed by atoms with Crippen LogP contribution in [0.3, 0.4) is 0 Å². The van der Waals surface area contributed by atoms with Gasteiger partial charge in [-0.05, 0) is 43.3 Å². The van der Waals surface area contributed by atoms with Crippen LogP contribution in [0.5, 0.6) is 5.75 Å². The van der Waals surface area contributed by atoms with Crippen molar-refractivity contribution < 1.29 is 18.7 Å². The summed E-state index contributed by atoms with van der Waals surface area (Å²) in [6.45, 7) is 3.79. The summed E-state index contributed by atoms with van der Waals surface area (Å²) in [6, 6.07) is 14.3. The molecular weight excluding hydrogens is 384 g/mol. The predicted octanol–water partition coefficient (Wildman–Crippen LogP) is 2.97. The number of methoxy groups -OCH3 is 1. The summed E-state index contributed by atoms with van der Waals surface area (Å²) in [6.07, 6.45) is 0. The van der Waals surface area contributed by atoms with Gasteiger partial charge in [0, 0.05) is 42.8 Å². The van der Waals surface area contributed by atoms with Gasteiger partial charge in [-0.25, -0.2) is 4.79 Å². The number of Topliss-reactive ketones (excluding diaryl/α,β-unsaturated/α-hetero) is 1. The molecule has 3 aromatic rings. The van der Waals surface area contributed by atoms with Gasteiger partial charge >= 0.3 is 5.63 Å². The van der Waals surface area contributed by atoms with Crippen molar-refractivity contribution in [1.82, 2.24) is 4.90 Å². The van der Waals surface area contributed by atoms with Gasteiger partial charge in [-0.15, -0.1) is 0 Å². The first kappa shape index (κ1) is 19.7. The van der Waals surface area contributed by atoms with Crippen LogP contribution in [0.15, 0.2) is 57.7 Å². The molecule has 1 amide bonds. The number of fused-ring (bicyclic) bond motifs is 1. The fourth-order valence-corrected chi connectivity index (χ4v) is 3.67. The fraction of sp³-hybridized carbons (Fsp3) is 0.261. The topological polar surface area (TPSA) is 80.1 Å². The Labute approximate surface area is 173 Å². The molecule has 1 fully saturated rings. The summed E-state index contributed by atoms with van der Waals surface area (Å²) in [4.78, 5) is 40.7. The predicted molar refractivity (Wildman–Crippen MR) is 114 cm³/mol. The highest BCUT2D eigenvalue weighted by Crippen LogP contribution is 2.25. The van der Waals surface area contributed by atoms with Gasteiger partial charge in [-0.2, -0.15) is 0 Å². The molecule has 7 nitrogen and oxygen atoms in total. The molecule has 154 valence electrons. The SMILES string of the molecule is COc1cccc2cc(C(=O)N3CCN(c4ccc(C(C)=O)cc4)CC3)c(=O)oc12. The Balaban J connectivity index is 1.50. The number of hydrogen-bond donors (Lipinski definition) is 0. The van der Waals surface area contributed by atoms with Gasteiger partial charge in [0.15, 0.2) is 17.1 Å². The Bertz CT molecular complexity index is 1160. The van der Waals surface area contributed by atoms with E-state index in [4.69, 9.17) is 9.15 Å². The maximum absolute atomic E-state index is 13.0. The lowest BCUT2D eigenvalue weighted by Gasteiger charge is -2.36. The largest absolute Gasteiger partial charge is 0.493 e. The highest BCUT2D eigenvalue weighted by molar-refractivity contribution is 5.97. The van der Waals surface area contributed by atoms with Gasteiger partial charge in [0.2, 0.25) is 0 Å². The Hall–Kier alpha value is -3.61. The first-order chi connectivity index (χ1) is 14.5. The van der Waals surface area contributed by atoms with E-state index in [2.05, 4.69) is 4.90 Å². The van der Waals surface area contributed by atoms with Gasteiger partial charge in [0.1, 0.15) is 5.56 Å². The first-order valence-electron chi connectivity index (χ1n) is 9.74. The maximum Gasteiger partial charge on any atom is 0.349 e. The molecule has 1 saturated heterocycles. The number of hydrogen-bond acceptors (Lipinski definition) is 6. The van der Waals surface area contributed by atoms with Crippen molar-refractivity contribution in [1.29, 1.82) is 0 Å². The zero-order valence-corrected chi connectivity index (χ0v) is 16.9. The first-order valence-corrected chi connectivity index (χ1v) is 9.74. The van der Waals surface area contributed by atoms with Gasteiger partial charge < -0.3 is 19.0 Å². The van der Waals surface area contributed by atoms with E-state index in [9.17, 15) is 14.4 Å². The van der Waals surface area contributed by atoms with Crippen LogP contribution in [-0.2, 0) is 0 Å². The van der Waals surface area contributed by atoms with E-state index in [0.29, 0.717) is 48.5 Å². The number of ketones is 1. The van der Waals surface area contributed by atoms with E-state index in [1.54, 1.807) is 36.1 Å². The number of carbonyl (C=O) groups excluding carboxylic acids is 2. The number of amides is 1. The summed E-state index contributed by atoms with van der Waals surface area (Å²) in [7, 11) is 1.50. The van der Waals surface area contributed by atoms with Crippen LogP contribution >= 0.6 is 0 Å². The summed E-state index contributed by atoms with van der Waals surface area (Å²) in [5.41, 5.74) is 1.37. The monoisotopic (exact) mass is 406 g/mol. The van der Waals surface area contributed by atoms with Crippen molar-refractivity contribution in [2.24, 2.45) is 0 Å². The molecule has 2 heterocycles. The minimum atomic E-state index is -0.667. The second-order valence-corrected chi connectivity index (χ2v) is 7.21. The molecule has 0 saturated carbocycles. The number of piperazine rings is 1. The Morgan fingerprint density at radius 2 is 1.70 bits per heavy atom. The Morgan fingerprint density at radius 1 is 1.00 bits per heavy atom. The van der Waals surface area contributed by atoms with Crippen LogP contribution in [-0.4, -0.2) is 49.9 Å². The van der Waals surface area contributed by atoms with Crippen molar-refractivity contribution in [3.05, 3.63) is 70.1 Å². The third-order valence-corrected chi connectivity index (χ3v) is 5.38. The lowest BCUT2D eigenvalue weighted by Crippen LogP contribution is -2.49. The number of para-hydroxylation sites is 1. The fourth-order valence-electron chi connectivity index (χ4n) is 3.67. The highest BCUT2D eigenvalue weighted by atomic mass is 16.5. The van der Waals surface area contributed by atoms with Crippen LogP contribution in [0.1, 0.15) is 27.6 Å². The number of nitrogens with zero attached hydrogens (tertiary/aromatic N) is 2. The molecule has 30 heavy (non-hydrogen) atoms. The van der Waals surface area contributed by atoms with E-state index >= 15 is 0 Å². The summed E-state index contributed by atoms with van der Waals surface area (Å²) in [5, 5.41) is 0.640. The molecule has 0 aliphatic carbocycles. The van der Waals surface area contributed by atoms with Crippen LogP contribution in [0.4, 0.5) is 5.69 Å². The molecule has 0 atom stereocenters. The third-order valence-electron chi connectivity index (χ3n) is 5.38. The third kappa shape index (κ3) is 3.66. The minimum Gasteiger partial charge on any atom is -0.493 e. The average Bonchev–Trinajstić information content (AvgIpc) is 2.78. The lowest BCUT2D eigenvalue weighted by atomic mass is 10.1. The van der Waals surface area contributed by atoms with E-state index < -0.39 is 5.63 Å². The lowest BCUT2D eigenvalue weighted by molar-refractivity contribution is 0.0742. The van der Waals surface area contributed by atoms with Crippen LogP contribution < -0.4 is 15.3 Å². The van der Waals surface area contributed by atoms with E-state index in [0.717, 1.165) is 5.69 Å². The van der Waals surface area contributed by atoms with E-state index in [-0.39, 0.29) is 17.3 Å². The number of anilines is 1. The molecule has 1 aliphatic heterocycles. The second kappa shape index (κ2) is 8.02. The summed E-state index contributed by atoms with van der Waals surface area (Å²) in [5.74, 6) is 0.150. The molecule has 0 N–H and O–H groups in total. The van der Waals surface area contributed by atoms with Crippen molar-refractivity contribution in [2.45, 2.75) is 6.92 Å². The van der Waals surface area contributed by atoms with Gasteiger partial charge in [0.05, 0.1) is 7.11 Å².